The summed E-state index contributed by atoms with van der Waals surface area (Å²) in [5, 5.41) is 12.4. The Labute approximate surface area is 104 Å². The largest absolute Gasteiger partial charge is 0.347 e. The monoisotopic (exact) mass is 253 g/mol. The molecule has 2 aromatic rings. The molecule has 2 heterocycles. The average molecular weight is 253 g/mol. The third-order valence-electron chi connectivity index (χ3n) is 2.55. The van der Waals surface area contributed by atoms with Crippen molar-refractivity contribution in [3.05, 3.63) is 27.4 Å². The quantitative estimate of drug-likeness (QED) is 0.839. The van der Waals surface area contributed by atoms with Crippen LogP contribution in [0.5, 0.6) is 0 Å². The van der Waals surface area contributed by atoms with Crippen LogP contribution in [0.2, 0.25) is 0 Å². The molecule has 0 spiro atoms. The van der Waals surface area contributed by atoms with Gasteiger partial charge in [0.25, 0.3) is 0 Å². The molecular formula is C11H15N3S2. The Morgan fingerprint density at radius 3 is 2.81 bits per heavy atom. The minimum atomic E-state index is 0.450. The number of nitrogens with zero attached hydrogens (tertiary/aromatic N) is 3. The van der Waals surface area contributed by atoms with Crippen LogP contribution in [0.25, 0.3) is 0 Å². The number of rotatable bonds is 4. The van der Waals surface area contributed by atoms with Gasteiger partial charge in [-0.25, -0.2) is 0 Å². The topological polar surface area (TPSA) is 29.0 Å². The minimum absolute atomic E-state index is 0.450. The second-order valence-corrected chi connectivity index (χ2v) is 6.04. The second-order valence-electron chi connectivity index (χ2n) is 3.85. The highest BCUT2D eigenvalue weighted by atomic mass is 32.1. The van der Waals surface area contributed by atoms with Gasteiger partial charge in [-0.15, -0.1) is 21.5 Å². The zero-order valence-electron chi connectivity index (χ0n) is 9.67. The molecule has 0 bridgehead atoms. The van der Waals surface area contributed by atoms with E-state index in [1.165, 1.54) is 4.88 Å². The van der Waals surface area contributed by atoms with Crippen molar-refractivity contribution in [1.29, 1.82) is 0 Å². The van der Waals surface area contributed by atoms with Crippen LogP contribution in [-0.4, -0.2) is 23.3 Å². The third kappa shape index (κ3) is 2.59. The summed E-state index contributed by atoms with van der Waals surface area (Å²) in [6, 6.07) is 4.73. The number of likely N-dealkylation sites (N-methyl/N-ethyl adjacent to an activating group) is 1. The van der Waals surface area contributed by atoms with Gasteiger partial charge >= 0.3 is 0 Å². The summed E-state index contributed by atoms with van der Waals surface area (Å²) in [7, 11) is 2.08. The van der Waals surface area contributed by atoms with E-state index in [0.29, 0.717) is 6.04 Å². The lowest BCUT2D eigenvalue weighted by molar-refractivity contribution is 0.683. The van der Waals surface area contributed by atoms with Crippen LogP contribution in [0.15, 0.2) is 17.5 Å². The fourth-order valence-corrected chi connectivity index (χ4v) is 3.05. The van der Waals surface area contributed by atoms with E-state index in [0.717, 1.165) is 16.6 Å². The van der Waals surface area contributed by atoms with E-state index < -0.39 is 0 Å². The minimum Gasteiger partial charge on any atom is -0.347 e. The highest BCUT2D eigenvalue weighted by Gasteiger charge is 2.14. The molecule has 1 unspecified atom stereocenters. The zero-order valence-corrected chi connectivity index (χ0v) is 11.3. The van der Waals surface area contributed by atoms with Crippen LogP contribution in [0.1, 0.15) is 16.8 Å². The van der Waals surface area contributed by atoms with Gasteiger partial charge in [-0.2, -0.15) is 0 Å². The molecule has 0 saturated heterocycles. The predicted molar refractivity (Wildman–Crippen MR) is 70.5 cm³/mol. The molecule has 0 fully saturated rings. The summed E-state index contributed by atoms with van der Waals surface area (Å²) in [5.41, 5.74) is 0. The number of thiophene rings is 1. The first-order valence-corrected chi connectivity index (χ1v) is 6.91. The Hall–Kier alpha value is -0.940. The second kappa shape index (κ2) is 4.93. The first-order chi connectivity index (χ1) is 7.66. The molecule has 0 N–H and O–H groups in total. The SMILES string of the molecule is Cc1nnc(N(C)C(C)Cc2cccs2)s1. The van der Waals surface area contributed by atoms with Crippen molar-refractivity contribution >= 4 is 27.8 Å². The van der Waals surface area contributed by atoms with Gasteiger partial charge in [0.1, 0.15) is 5.01 Å². The number of aromatic nitrogens is 2. The van der Waals surface area contributed by atoms with E-state index in [-0.39, 0.29) is 0 Å². The molecule has 0 aliphatic heterocycles. The summed E-state index contributed by atoms with van der Waals surface area (Å²) in [5.74, 6) is 0. The lowest BCUT2D eigenvalue weighted by Gasteiger charge is -2.23. The maximum absolute atomic E-state index is 4.16. The molecule has 0 aliphatic rings. The van der Waals surface area contributed by atoms with Gasteiger partial charge in [-0.1, -0.05) is 17.4 Å². The molecule has 0 amide bonds. The Balaban J connectivity index is 2.02. The van der Waals surface area contributed by atoms with E-state index in [9.17, 15) is 0 Å². The summed E-state index contributed by atoms with van der Waals surface area (Å²) in [6.45, 7) is 4.20. The summed E-state index contributed by atoms with van der Waals surface area (Å²) >= 11 is 3.45. The molecule has 2 rings (SSSR count). The highest BCUT2D eigenvalue weighted by Crippen LogP contribution is 2.22. The molecule has 0 saturated carbocycles. The van der Waals surface area contributed by atoms with Crippen molar-refractivity contribution in [2.24, 2.45) is 0 Å². The summed E-state index contributed by atoms with van der Waals surface area (Å²) < 4.78 is 0. The van der Waals surface area contributed by atoms with E-state index >= 15 is 0 Å². The van der Waals surface area contributed by atoms with Crippen molar-refractivity contribution in [2.75, 3.05) is 11.9 Å². The first kappa shape index (κ1) is 11.5. The zero-order chi connectivity index (χ0) is 11.5. The van der Waals surface area contributed by atoms with Crippen LogP contribution < -0.4 is 4.90 Å². The van der Waals surface area contributed by atoms with Crippen molar-refractivity contribution < 1.29 is 0 Å². The van der Waals surface area contributed by atoms with Crippen molar-refractivity contribution in [3.8, 4) is 0 Å². The smallest absolute Gasteiger partial charge is 0.208 e. The van der Waals surface area contributed by atoms with Crippen LogP contribution in [0.4, 0.5) is 5.13 Å². The Bertz CT molecular complexity index is 436. The Kier molecular flexibility index (Phi) is 3.56. The fraction of sp³-hybridized carbons (Fsp3) is 0.455. The van der Waals surface area contributed by atoms with Gasteiger partial charge in [-0.3, -0.25) is 0 Å². The number of aryl methyl sites for hydroxylation is 1. The van der Waals surface area contributed by atoms with Gasteiger partial charge < -0.3 is 4.90 Å². The molecule has 5 heteroatoms. The van der Waals surface area contributed by atoms with Crippen LogP contribution in [-0.2, 0) is 6.42 Å². The maximum Gasteiger partial charge on any atom is 0.208 e. The van der Waals surface area contributed by atoms with Crippen LogP contribution >= 0.6 is 22.7 Å². The standard InChI is InChI=1S/C11H15N3S2/c1-8(7-10-5-4-6-15-10)14(3)11-13-12-9(2)16-11/h4-6,8H,7H2,1-3H3. The molecule has 0 aliphatic carbocycles. The maximum atomic E-state index is 4.16. The van der Waals surface area contributed by atoms with Crippen LogP contribution in [0.3, 0.4) is 0 Å². The van der Waals surface area contributed by atoms with Crippen molar-refractivity contribution in [2.45, 2.75) is 26.3 Å². The fourth-order valence-electron chi connectivity index (χ4n) is 1.47. The van der Waals surface area contributed by atoms with Crippen molar-refractivity contribution in [1.82, 2.24) is 10.2 Å². The number of hydrogen-bond donors (Lipinski definition) is 0. The van der Waals surface area contributed by atoms with E-state index in [1.807, 2.05) is 18.3 Å². The number of hydrogen-bond acceptors (Lipinski definition) is 5. The Morgan fingerprint density at radius 2 is 2.25 bits per heavy atom. The van der Waals surface area contributed by atoms with Gasteiger partial charge in [-0.05, 0) is 25.3 Å². The highest BCUT2D eigenvalue weighted by molar-refractivity contribution is 7.15. The van der Waals surface area contributed by atoms with E-state index in [2.05, 4.69) is 46.6 Å². The molecular weight excluding hydrogens is 238 g/mol. The molecule has 0 aromatic carbocycles. The normalized spacial score (nSPS) is 12.7. The van der Waals surface area contributed by atoms with Crippen molar-refractivity contribution in [3.63, 3.8) is 0 Å². The Morgan fingerprint density at radius 1 is 1.44 bits per heavy atom. The summed E-state index contributed by atoms with van der Waals surface area (Å²) in [6.07, 6.45) is 1.06. The third-order valence-corrected chi connectivity index (χ3v) is 4.38. The van der Waals surface area contributed by atoms with Gasteiger partial charge in [0, 0.05) is 24.4 Å². The van der Waals surface area contributed by atoms with E-state index in [4.69, 9.17) is 0 Å². The molecule has 16 heavy (non-hydrogen) atoms. The molecule has 2 aromatic heterocycles. The molecule has 86 valence electrons. The average Bonchev–Trinajstić information content (AvgIpc) is 2.88. The van der Waals surface area contributed by atoms with Crippen LogP contribution in [0, 0.1) is 6.92 Å². The molecule has 0 radical (unpaired) electrons. The van der Waals surface area contributed by atoms with Gasteiger partial charge in [0.15, 0.2) is 0 Å². The first-order valence-electron chi connectivity index (χ1n) is 5.22. The predicted octanol–water partition coefficient (Wildman–Crippen LogP) is 2.98. The van der Waals surface area contributed by atoms with Gasteiger partial charge in [0.05, 0.1) is 0 Å². The lowest BCUT2D eigenvalue weighted by atomic mass is 10.2. The molecule has 1 atom stereocenters. The molecule has 3 nitrogen and oxygen atoms in total. The number of anilines is 1. The van der Waals surface area contributed by atoms with E-state index in [1.54, 1.807) is 11.3 Å². The summed E-state index contributed by atoms with van der Waals surface area (Å²) in [4.78, 5) is 3.62. The lowest BCUT2D eigenvalue weighted by Crippen LogP contribution is -2.30. The van der Waals surface area contributed by atoms with Gasteiger partial charge in [0.2, 0.25) is 5.13 Å².